The zero-order valence-electron chi connectivity index (χ0n) is 17.9. The third-order valence-corrected chi connectivity index (χ3v) is 6.21. The molecule has 1 aliphatic heterocycles. The molecule has 2 fully saturated rings. The van der Waals surface area contributed by atoms with Gasteiger partial charge < -0.3 is 9.64 Å². The number of benzene rings is 2. The van der Waals surface area contributed by atoms with Crippen molar-refractivity contribution >= 4 is 5.91 Å². The molecule has 1 amide bonds. The van der Waals surface area contributed by atoms with Crippen LogP contribution in [0.1, 0.15) is 58.9 Å². The lowest BCUT2D eigenvalue weighted by Gasteiger charge is -2.31. The van der Waals surface area contributed by atoms with Crippen LogP contribution >= 0.6 is 0 Å². The number of carbonyl (C=O) groups is 1. The minimum absolute atomic E-state index is 0.00164. The molecule has 6 heteroatoms. The predicted molar refractivity (Wildman–Crippen MR) is 118 cm³/mol. The lowest BCUT2D eigenvalue weighted by atomic mass is 10.1. The van der Waals surface area contributed by atoms with E-state index < -0.39 is 0 Å². The number of piperidine rings is 1. The van der Waals surface area contributed by atoms with Crippen LogP contribution in [0.15, 0.2) is 54.6 Å². The molecule has 3 aromatic rings. The molecule has 0 spiro atoms. The lowest BCUT2D eigenvalue weighted by Crippen LogP contribution is -2.41. The molecule has 0 unspecified atom stereocenters. The molecule has 2 aromatic carbocycles. The number of amides is 1. The topological polar surface area (TPSA) is 60.2 Å². The number of carbonyl (C=O) groups excluding carboxylic acids is 1. The molecule has 1 aromatic heterocycles. The van der Waals surface area contributed by atoms with Crippen molar-refractivity contribution in [2.24, 2.45) is 0 Å². The van der Waals surface area contributed by atoms with Crippen molar-refractivity contribution in [3.8, 4) is 5.69 Å². The van der Waals surface area contributed by atoms with Crippen molar-refractivity contribution < 1.29 is 9.53 Å². The number of hydrogen-bond acceptors (Lipinski definition) is 4. The molecule has 0 atom stereocenters. The maximum atomic E-state index is 13.3. The van der Waals surface area contributed by atoms with Gasteiger partial charge in [-0.3, -0.25) is 4.79 Å². The van der Waals surface area contributed by atoms with Crippen LogP contribution in [0.5, 0.6) is 0 Å². The molecular weight excluding hydrogens is 388 g/mol. The average molecular weight is 417 g/mol. The fourth-order valence-electron chi connectivity index (χ4n) is 4.20. The van der Waals surface area contributed by atoms with Crippen molar-refractivity contribution in [2.45, 2.75) is 51.2 Å². The smallest absolute Gasteiger partial charge is 0.276 e. The van der Waals surface area contributed by atoms with Crippen LogP contribution in [0, 0.1) is 6.92 Å². The van der Waals surface area contributed by atoms with Crippen molar-refractivity contribution in [3.63, 3.8) is 0 Å². The molecule has 5 rings (SSSR count). The van der Waals surface area contributed by atoms with Gasteiger partial charge in [0.1, 0.15) is 0 Å². The van der Waals surface area contributed by atoms with Gasteiger partial charge in [0.15, 0.2) is 5.69 Å². The number of aryl methyl sites for hydroxylation is 1. The van der Waals surface area contributed by atoms with E-state index in [-0.39, 0.29) is 12.0 Å². The standard InChI is InChI=1S/C25H28N4O2/c1-18-7-11-21(12-8-18)29-24(20-9-10-20)23(26-27-29)25(30)28-15-13-22(14-16-28)31-17-19-5-3-2-4-6-19/h2-8,11-12,20,22H,9-10,13-17H2,1H3. The number of ether oxygens (including phenoxy) is 1. The van der Waals surface area contributed by atoms with Crippen molar-refractivity contribution in [1.29, 1.82) is 0 Å². The minimum Gasteiger partial charge on any atom is -0.373 e. The van der Waals surface area contributed by atoms with Gasteiger partial charge in [0, 0.05) is 19.0 Å². The van der Waals surface area contributed by atoms with Crippen LogP contribution in [0.4, 0.5) is 0 Å². The molecule has 1 saturated carbocycles. The number of rotatable bonds is 6. The Morgan fingerprint density at radius 3 is 2.39 bits per heavy atom. The van der Waals surface area contributed by atoms with Gasteiger partial charge in [-0.1, -0.05) is 53.2 Å². The van der Waals surface area contributed by atoms with E-state index >= 15 is 0 Å². The summed E-state index contributed by atoms with van der Waals surface area (Å²) in [4.78, 5) is 15.2. The van der Waals surface area contributed by atoms with E-state index in [1.807, 2.05) is 39.9 Å². The summed E-state index contributed by atoms with van der Waals surface area (Å²) in [6.45, 7) is 4.07. The summed E-state index contributed by atoms with van der Waals surface area (Å²) in [5.74, 6) is 0.378. The minimum atomic E-state index is 0.00164. The molecule has 0 bridgehead atoms. The molecule has 31 heavy (non-hydrogen) atoms. The van der Waals surface area contributed by atoms with Crippen LogP contribution < -0.4 is 0 Å². The van der Waals surface area contributed by atoms with Gasteiger partial charge >= 0.3 is 0 Å². The summed E-state index contributed by atoms with van der Waals surface area (Å²) in [5.41, 5.74) is 4.84. The van der Waals surface area contributed by atoms with Crippen LogP contribution in [0.3, 0.4) is 0 Å². The van der Waals surface area contributed by atoms with E-state index in [4.69, 9.17) is 4.74 Å². The van der Waals surface area contributed by atoms with Gasteiger partial charge in [0.25, 0.3) is 5.91 Å². The van der Waals surface area contributed by atoms with Crippen LogP contribution in [0.25, 0.3) is 5.69 Å². The van der Waals surface area contributed by atoms with E-state index in [0.717, 1.165) is 37.1 Å². The fraction of sp³-hybridized carbons (Fsp3) is 0.400. The summed E-state index contributed by atoms with van der Waals surface area (Å²) >= 11 is 0. The molecule has 2 heterocycles. The highest BCUT2D eigenvalue weighted by Crippen LogP contribution is 2.42. The number of likely N-dealkylation sites (tertiary alicyclic amines) is 1. The first kappa shape index (κ1) is 19.9. The zero-order chi connectivity index (χ0) is 21.2. The summed E-state index contributed by atoms with van der Waals surface area (Å²) in [7, 11) is 0. The monoisotopic (exact) mass is 416 g/mol. The van der Waals surface area contributed by atoms with E-state index in [9.17, 15) is 4.79 Å². The highest BCUT2D eigenvalue weighted by molar-refractivity contribution is 5.93. The van der Waals surface area contributed by atoms with Crippen LogP contribution in [-0.2, 0) is 11.3 Å². The Hall–Kier alpha value is -2.99. The van der Waals surface area contributed by atoms with Crippen molar-refractivity contribution in [2.75, 3.05) is 13.1 Å². The van der Waals surface area contributed by atoms with Gasteiger partial charge in [-0.15, -0.1) is 5.10 Å². The Labute approximate surface area is 182 Å². The Morgan fingerprint density at radius 1 is 1.00 bits per heavy atom. The molecule has 1 aliphatic carbocycles. The van der Waals surface area contributed by atoms with Gasteiger partial charge in [-0.05, 0) is 50.3 Å². The number of hydrogen-bond donors (Lipinski definition) is 0. The second kappa shape index (κ2) is 8.63. The number of aromatic nitrogens is 3. The molecule has 6 nitrogen and oxygen atoms in total. The predicted octanol–water partition coefficient (Wildman–Crippen LogP) is 4.27. The van der Waals surface area contributed by atoms with E-state index in [1.54, 1.807) is 0 Å². The zero-order valence-corrected chi connectivity index (χ0v) is 17.9. The molecule has 160 valence electrons. The lowest BCUT2D eigenvalue weighted by molar-refractivity contribution is -0.000535. The van der Waals surface area contributed by atoms with Gasteiger partial charge in [0.2, 0.25) is 0 Å². The molecule has 0 radical (unpaired) electrons. The third-order valence-electron chi connectivity index (χ3n) is 6.21. The van der Waals surface area contributed by atoms with E-state index in [2.05, 4.69) is 41.5 Å². The Morgan fingerprint density at radius 2 is 1.71 bits per heavy atom. The van der Waals surface area contributed by atoms with Gasteiger partial charge in [0.05, 0.1) is 24.1 Å². The van der Waals surface area contributed by atoms with Gasteiger partial charge in [-0.25, -0.2) is 4.68 Å². The largest absolute Gasteiger partial charge is 0.373 e. The molecule has 0 N–H and O–H groups in total. The summed E-state index contributed by atoms with van der Waals surface area (Å²) in [6, 6.07) is 18.4. The fourth-order valence-corrected chi connectivity index (χ4v) is 4.20. The normalized spacial score (nSPS) is 17.1. The summed E-state index contributed by atoms with van der Waals surface area (Å²) in [5, 5.41) is 8.70. The number of nitrogens with zero attached hydrogens (tertiary/aromatic N) is 4. The van der Waals surface area contributed by atoms with Crippen molar-refractivity contribution in [1.82, 2.24) is 19.9 Å². The Kier molecular flexibility index (Phi) is 5.55. The average Bonchev–Trinajstić information content (AvgIpc) is 3.57. The van der Waals surface area contributed by atoms with E-state index in [0.29, 0.717) is 31.3 Å². The van der Waals surface area contributed by atoms with Crippen LogP contribution in [0.2, 0.25) is 0 Å². The molecule has 2 aliphatic rings. The maximum absolute atomic E-state index is 13.3. The second-order valence-corrected chi connectivity index (χ2v) is 8.63. The maximum Gasteiger partial charge on any atom is 0.276 e. The van der Waals surface area contributed by atoms with Crippen LogP contribution in [-0.4, -0.2) is 45.0 Å². The Bertz CT molecular complexity index is 1030. The summed E-state index contributed by atoms with van der Waals surface area (Å²) < 4.78 is 7.94. The highest BCUT2D eigenvalue weighted by atomic mass is 16.5. The first-order valence-electron chi connectivity index (χ1n) is 11.2. The van der Waals surface area contributed by atoms with E-state index in [1.165, 1.54) is 11.1 Å². The third kappa shape index (κ3) is 4.39. The second-order valence-electron chi connectivity index (χ2n) is 8.63. The van der Waals surface area contributed by atoms with Gasteiger partial charge in [-0.2, -0.15) is 0 Å². The molecule has 1 saturated heterocycles. The highest BCUT2D eigenvalue weighted by Gasteiger charge is 2.36. The Balaban J connectivity index is 1.25. The first-order valence-corrected chi connectivity index (χ1v) is 11.2. The van der Waals surface area contributed by atoms with Crippen molar-refractivity contribution in [3.05, 3.63) is 77.1 Å². The first-order chi connectivity index (χ1) is 15.2. The molecular formula is C25H28N4O2. The SMILES string of the molecule is Cc1ccc(-n2nnc(C(=O)N3CCC(OCc4ccccc4)CC3)c2C2CC2)cc1. The quantitative estimate of drug-likeness (QED) is 0.602. The summed E-state index contributed by atoms with van der Waals surface area (Å²) in [6.07, 6.45) is 4.08.